The fourth-order valence-electron chi connectivity index (χ4n) is 2.99. The quantitative estimate of drug-likeness (QED) is 0.828. The van der Waals surface area contributed by atoms with Gasteiger partial charge in [0.05, 0.1) is 21.3 Å². The second-order valence-electron chi connectivity index (χ2n) is 6.37. The molecular formula is C18H25NO4S. The van der Waals surface area contributed by atoms with Crippen LogP contribution in [0.25, 0.3) is 0 Å². The zero-order valence-electron chi connectivity index (χ0n) is 14.4. The van der Waals surface area contributed by atoms with E-state index in [2.05, 4.69) is 12.2 Å². The van der Waals surface area contributed by atoms with Crippen LogP contribution in [0.3, 0.4) is 0 Å². The molecule has 0 bridgehead atoms. The van der Waals surface area contributed by atoms with Crippen molar-refractivity contribution in [3.05, 3.63) is 29.8 Å². The number of hydrogen-bond acceptors (Lipinski definition) is 4. The van der Waals surface area contributed by atoms with Gasteiger partial charge in [0.15, 0.2) is 6.10 Å². The van der Waals surface area contributed by atoms with E-state index in [9.17, 15) is 13.8 Å². The molecule has 0 saturated heterocycles. The average molecular weight is 351 g/mol. The highest BCUT2D eigenvalue weighted by Crippen LogP contribution is 2.24. The zero-order chi connectivity index (χ0) is 17.7. The number of amides is 1. The number of rotatable bonds is 5. The minimum absolute atomic E-state index is 0.142. The van der Waals surface area contributed by atoms with E-state index in [-0.39, 0.29) is 17.5 Å². The molecule has 0 unspecified atom stereocenters. The molecule has 6 heteroatoms. The van der Waals surface area contributed by atoms with Gasteiger partial charge in [0, 0.05) is 12.3 Å². The number of carbonyl (C=O) groups excluding carboxylic acids is 2. The third kappa shape index (κ3) is 4.66. The molecule has 4 atom stereocenters. The van der Waals surface area contributed by atoms with Gasteiger partial charge in [-0.25, -0.2) is 4.79 Å². The van der Waals surface area contributed by atoms with Gasteiger partial charge in [-0.2, -0.15) is 0 Å². The lowest BCUT2D eigenvalue weighted by molar-refractivity contribution is -0.130. The molecule has 1 amide bonds. The lowest BCUT2D eigenvalue weighted by Crippen LogP contribution is -2.46. The van der Waals surface area contributed by atoms with Gasteiger partial charge in [0.2, 0.25) is 0 Å². The van der Waals surface area contributed by atoms with Gasteiger partial charge >= 0.3 is 5.97 Å². The highest BCUT2D eigenvalue weighted by molar-refractivity contribution is 7.84. The Morgan fingerprint density at radius 2 is 1.92 bits per heavy atom. The second-order valence-corrected chi connectivity index (χ2v) is 7.72. The summed E-state index contributed by atoms with van der Waals surface area (Å²) in [7, 11) is -1.30. The zero-order valence-corrected chi connectivity index (χ0v) is 15.2. The summed E-state index contributed by atoms with van der Waals surface area (Å²) in [5.74, 6) is -0.466. The monoisotopic (exact) mass is 351 g/mol. The van der Waals surface area contributed by atoms with Crippen LogP contribution in [-0.4, -0.2) is 34.5 Å². The van der Waals surface area contributed by atoms with Gasteiger partial charge in [0.1, 0.15) is 0 Å². The van der Waals surface area contributed by atoms with Crippen molar-refractivity contribution in [1.29, 1.82) is 0 Å². The molecule has 1 aromatic carbocycles. The number of benzene rings is 1. The lowest BCUT2D eigenvalue weighted by Gasteiger charge is -2.30. The highest BCUT2D eigenvalue weighted by Gasteiger charge is 2.27. The Kier molecular flexibility index (Phi) is 6.54. The minimum atomic E-state index is -1.30. The van der Waals surface area contributed by atoms with Crippen LogP contribution in [-0.2, 0) is 20.3 Å². The summed E-state index contributed by atoms with van der Waals surface area (Å²) in [6.07, 6.45) is 5.00. The molecule has 0 spiro atoms. The number of esters is 1. The topological polar surface area (TPSA) is 72.5 Å². The highest BCUT2D eigenvalue weighted by atomic mass is 32.2. The molecule has 132 valence electrons. The Morgan fingerprint density at radius 3 is 2.58 bits per heavy atom. The number of nitrogens with one attached hydrogen (secondary N) is 1. The minimum Gasteiger partial charge on any atom is -0.449 e. The maximum atomic E-state index is 12.3. The van der Waals surface area contributed by atoms with Crippen LogP contribution in [0.15, 0.2) is 29.2 Å². The van der Waals surface area contributed by atoms with Crippen LogP contribution in [0, 0.1) is 5.92 Å². The SMILES string of the molecule is C[C@@H](OC(=O)c1ccccc1[S@@](C)=O)C(=O)N[C@H]1CCCC[C@@H]1C. The third-order valence-electron chi connectivity index (χ3n) is 4.51. The Balaban J connectivity index is 1.98. The maximum absolute atomic E-state index is 12.3. The van der Waals surface area contributed by atoms with Crippen molar-refractivity contribution in [2.24, 2.45) is 5.92 Å². The fourth-order valence-corrected chi connectivity index (χ4v) is 3.73. The van der Waals surface area contributed by atoms with E-state index in [1.807, 2.05) is 0 Å². The Hall–Kier alpha value is -1.69. The molecule has 0 aliphatic heterocycles. The van der Waals surface area contributed by atoms with E-state index in [1.165, 1.54) is 12.7 Å². The summed E-state index contributed by atoms with van der Waals surface area (Å²) in [4.78, 5) is 25.0. The first-order chi connectivity index (χ1) is 11.4. The normalized spacial score (nSPS) is 23.1. The van der Waals surface area contributed by atoms with E-state index >= 15 is 0 Å². The molecular weight excluding hydrogens is 326 g/mol. The van der Waals surface area contributed by atoms with Crippen LogP contribution >= 0.6 is 0 Å². The summed E-state index contributed by atoms with van der Waals surface area (Å²) in [6, 6.07) is 6.73. The van der Waals surface area contributed by atoms with Crippen molar-refractivity contribution in [3.63, 3.8) is 0 Å². The summed E-state index contributed by atoms with van der Waals surface area (Å²) >= 11 is 0. The maximum Gasteiger partial charge on any atom is 0.340 e. The summed E-state index contributed by atoms with van der Waals surface area (Å²) in [5, 5.41) is 2.99. The van der Waals surface area contributed by atoms with E-state index in [1.54, 1.807) is 31.2 Å². The molecule has 1 fully saturated rings. The van der Waals surface area contributed by atoms with Crippen LogP contribution in [0.4, 0.5) is 0 Å². The van der Waals surface area contributed by atoms with Crippen LogP contribution in [0.2, 0.25) is 0 Å². The predicted molar refractivity (Wildman–Crippen MR) is 93.2 cm³/mol. The first-order valence-corrected chi connectivity index (χ1v) is 9.89. The van der Waals surface area contributed by atoms with Crippen molar-refractivity contribution in [2.75, 3.05) is 6.26 Å². The van der Waals surface area contributed by atoms with Crippen LogP contribution in [0.1, 0.15) is 49.9 Å². The molecule has 0 radical (unpaired) electrons. The molecule has 1 aliphatic carbocycles. The summed E-state index contributed by atoms with van der Waals surface area (Å²) in [6.45, 7) is 3.69. The van der Waals surface area contributed by atoms with Crippen molar-refractivity contribution in [2.45, 2.75) is 56.6 Å². The largest absolute Gasteiger partial charge is 0.449 e. The standard InChI is InChI=1S/C18H25NO4S/c1-12-8-4-6-10-15(12)19-17(20)13(2)23-18(21)14-9-5-7-11-16(14)24(3)22/h5,7,9,11-13,15H,4,6,8,10H2,1-3H3,(H,19,20)/t12-,13+,15-,24+/m0/s1. The van der Waals surface area contributed by atoms with Crippen LogP contribution < -0.4 is 5.32 Å². The Labute approximate surface area is 145 Å². The summed E-state index contributed by atoms with van der Waals surface area (Å²) in [5.41, 5.74) is 0.240. The average Bonchev–Trinajstić information content (AvgIpc) is 2.56. The Bertz CT molecular complexity index is 631. The van der Waals surface area contributed by atoms with Gasteiger partial charge in [-0.1, -0.05) is 31.9 Å². The first-order valence-electron chi connectivity index (χ1n) is 8.34. The van der Waals surface area contributed by atoms with Gasteiger partial charge < -0.3 is 10.1 Å². The van der Waals surface area contributed by atoms with Crippen molar-refractivity contribution in [3.8, 4) is 0 Å². The molecule has 24 heavy (non-hydrogen) atoms. The molecule has 0 heterocycles. The fraction of sp³-hybridized carbons (Fsp3) is 0.556. The van der Waals surface area contributed by atoms with E-state index in [0.29, 0.717) is 10.8 Å². The van der Waals surface area contributed by atoms with Crippen molar-refractivity contribution in [1.82, 2.24) is 5.32 Å². The van der Waals surface area contributed by atoms with Gasteiger partial charge in [-0.3, -0.25) is 9.00 Å². The summed E-state index contributed by atoms with van der Waals surface area (Å²) < 4.78 is 17.0. The van der Waals surface area contributed by atoms with E-state index in [0.717, 1.165) is 19.3 Å². The van der Waals surface area contributed by atoms with Gasteiger partial charge in [-0.05, 0) is 37.8 Å². The van der Waals surface area contributed by atoms with E-state index < -0.39 is 22.9 Å². The Morgan fingerprint density at radius 1 is 1.25 bits per heavy atom. The van der Waals surface area contributed by atoms with Crippen LogP contribution in [0.5, 0.6) is 0 Å². The number of hydrogen-bond donors (Lipinski definition) is 1. The van der Waals surface area contributed by atoms with Crippen molar-refractivity contribution >= 4 is 22.7 Å². The number of ether oxygens (including phenoxy) is 1. The van der Waals surface area contributed by atoms with Crippen molar-refractivity contribution < 1.29 is 18.5 Å². The van der Waals surface area contributed by atoms with E-state index in [4.69, 9.17) is 4.74 Å². The second kappa shape index (κ2) is 8.42. The first kappa shape index (κ1) is 18.6. The van der Waals surface area contributed by atoms with Gasteiger partial charge in [0.25, 0.3) is 5.91 Å². The molecule has 5 nitrogen and oxygen atoms in total. The smallest absolute Gasteiger partial charge is 0.340 e. The molecule has 0 aromatic heterocycles. The predicted octanol–water partition coefficient (Wildman–Crippen LogP) is 2.66. The van der Waals surface area contributed by atoms with Gasteiger partial charge in [-0.15, -0.1) is 0 Å². The third-order valence-corrected chi connectivity index (χ3v) is 5.48. The number of carbonyl (C=O) groups is 2. The molecule has 1 aromatic rings. The molecule has 1 N–H and O–H groups in total. The lowest BCUT2D eigenvalue weighted by atomic mass is 9.86. The molecule has 1 aliphatic rings. The molecule has 1 saturated carbocycles. The molecule has 2 rings (SSSR count).